The Bertz CT molecular complexity index is 69.9. The number of rotatable bonds is 0. The highest BCUT2D eigenvalue weighted by Gasteiger charge is 2.03. The summed E-state index contributed by atoms with van der Waals surface area (Å²) in [6.45, 7) is 0.751. The van der Waals surface area contributed by atoms with Crippen LogP contribution in [0.4, 0.5) is 0 Å². The average molecular weight is 84.1 g/mol. The van der Waals surface area contributed by atoms with Gasteiger partial charge in [-0.2, -0.15) is 0 Å². The Kier molecular flexibility index (Phi) is 0.881. The van der Waals surface area contributed by atoms with Crippen molar-refractivity contribution in [2.24, 2.45) is 4.99 Å². The molecule has 0 aromatic carbocycles. The molecule has 0 aromatic heterocycles. The van der Waals surface area contributed by atoms with E-state index in [1.807, 2.05) is 0 Å². The van der Waals surface area contributed by atoms with E-state index in [0.29, 0.717) is 0 Å². The predicted octanol–water partition coefficient (Wildman–Crippen LogP) is -0.301. The first kappa shape index (κ1) is 3.81. The topological polar surface area (TPSA) is 32.6 Å². The van der Waals surface area contributed by atoms with Crippen molar-refractivity contribution in [3.05, 3.63) is 0 Å². The van der Waals surface area contributed by atoms with Crippen molar-refractivity contribution >= 4 is 6.21 Å². The van der Waals surface area contributed by atoms with Gasteiger partial charge in [0.1, 0.15) is 0 Å². The second-order valence-corrected chi connectivity index (χ2v) is 1.32. The molecule has 0 bridgehead atoms. The third-order valence-electron chi connectivity index (χ3n) is 0.755. The van der Waals surface area contributed by atoms with Crippen molar-refractivity contribution in [3.8, 4) is 0 Å². The molecule has 2 heteroatoms. The standard InChI is InChI=1S/C4H6NO/c6-4-1-2-5-3-4/h4,6H,1-2H2. The van der Waals surface area contributed by atoms with Gasteiger partial charge in [0.15, 0.2) is 0 Å². The van der Waals surface area contributed by atoms with Gasteiger partial charge in [-0.05, 0) is 6.42 Å². The van der Waals surface area contributed by atoms with Crippen LogP contribution in [0.3, 0.4) is 0 Å². The number of hydrogen-bond donors (Lipinski definition) is 1. The molecular formula is C4H6NO. The maximum absolute atomic E-state index is 8.52. The molecule has 0 fully saturated rings. The molecule has 1 radical (unpaired) electrons. The van der Waals surface area contributed by atoms with Crippen LogP contribution in [0.25, 0.3) is 0 Å². The first-order chi connectivity index (χ1) is 2.89. The summed E-state index contributed by atoms with van der Waals surface area (Å²) in [7, 11) is 0. The van der Waals surface area contributed by atoms with Crippen LogP contribution in [0, 0.1) is 0 Å². The third kappa shape index (κ3) is 0.571. The summed E-state index contributed by atoms with van der Waals surface area (Å²) in [5.41, 5.74) is 0. The summed E-state index contributed by atoms with van der Waals surface area (Å²) < 4.78 is 0. The number of aliphatic hydroxyl groups is 1. The van der Waals surface area contributed by atoms with E-state index in [1.165, 1.54) is 0 Å². The van der Waals surface area contributed by atoms with Gasteiger partial charge < -0.3 is 5.11 Å². The monoisotopic (exact) mass is 84.0 g/mol. The molecule has 1 unspecified atom stereocenters. The molecule has 1 rings (SSSR count). The van der Waals surface area contributed by atoms with Crippen LogP contribution in [0.15, 0.2) is 4.99 Å². The van der Waals surface area contributed by atoms with Crippen molar-refractivity contribution < 1.29 is 5.11 Å². The highest BCUT2D eigenvalue weighted by Crippen LogP contribution is 1.94. The maximum atomic E-state index is 8.52. The number of hydrogen-bond acceptors (Lipinski definition) is 2. The van der Waals surface area contributed by atoms with E-state index >= 15 is 0 Å². The summed E-state index contributed by atoms with van der Waals surface area (Å²) in [5.74, 6) is 0. The zero-order valence-corrected chi connectivity index (χ0v) is 3.39. The summed E-state index contributed by atoms with van der Waals surface area (Å²) in [5, 5.41) is 8.52. The van der Waals surface area contributed by atoms with Crippen molar-refractivity contribution in [1.82, 2.24) is 0 Å². The van der Waals surface area contributed by atoms with Crippen LogP contribution in [0.5, 0.6) is 0 Å². The van der Waals surface area contributed by atoms with Crippen molar-refractivity contribution in [2.45, 2.75) is 12.5 Å². The summed E-state index contributed by atoms with van der Waals surface area (Å²) >= 11 is 0. The molecular weight excluding hydrogens is 78.0 g/mol. The minimum Gasteiger partial charge on any atom is -0.387 e. The molecule has 33 valence electrons. The van der Waals surface area contributed by atoms with Crippen LogP contribution in [0.2, 0.25) is 0 Å². The lowest BCUT2D eigenvalue weighted by Gasteiger charge is -1.85. The van der Waals surface area contributed by atoms with Gasteiger partial charge in [0.25, 0.3) is 0 Å². The second-order valence-electron chi connectivity index (χ2n) is 1.32. The lowest BCUT2D eigenvalue weighted by atomic mass is 10.3. The summed E-state index contributed by atoms with van der Waals surface area (Å²) in [4.78, 5) is 3.66. The highest BCUT2D eigenvalue weighted by molar-refractivity contribution is 5.64. The lowest BCUT2D eigenvalue weighted by Crippen LogP contribution is -2.00. The maximum Gasteiger partial charge on any atom is 0.0992 e. The van der Waals surface area contributed by atoms with Crippen LogP contribution >= 0.6 is 0 Å². The zero-order chi connectivity index (χ0) is 4.41. The molecule has 1 atom stereocenters. The summed E-state index contributed by atoms with van der Waals surface area (Å²) in [6.07, 6.45) is 2.89. The largest absolute Gasteiger partial charge is 0.387 e. The highest BCUT2D eigenvalue weighted by atomic mass is 16.3. The molecule has 2 nitrogen and oxygen atoms in total. The van der Waals surface area contributed by atoms with Crippen molar-refractivity contribution in [1.29, 1.82) is 0 Å². The van der Waals surface area contributed by atoms with Gasteiger partial charge in [-0.25, -0.2) is 0 Å². The SMILES string of the molecule is OC1[C]=NCC1. The molecule has 0 amide bonds. The molecule has 0 spiro atoms. The predicted molar refractivity (Wildman–Crippen MR) is 22.9 cm³/mol. The minimum atomic E-state index is -0.370. The fourth-order valence-corrected chi connectivity index (χ4v) is 0.421. The van der Waals surface area contributed by atoms with Gasteiger partial charge in [0, 0.05) is 6.54 Å². The Morgan fingerprint density at radius 3 is 2.83 bits per heavy atom. The van der Waals surface area contributed by atoms with E-state index in [2.05, 4.69) is 11.2 Å². The Morgan fingerprint density at radius 2 is 2.67 bits per heavy atom. The molecule has 1 N–H and O–H groups in total. The first-order valence-corrected chi connectivity index (χ1v) is 1.99. The van der Waals surface area contributed by atoms with E-state index in [4.69, 9.17) is 5.11 Å². The fraction of sp³-hybridized carbons (Fsp3) is 0.750. The zero-order valence-electron chi connectivity index (χ0n) is 3.39. The molecule has 6 heavy (non-hydrogen) atoms. The normalized spacial score (nSPS) is 31.8. The van der Waals surface area contributed by atoms with Gasteiger partial charge in [0.05, 0.1) is 12.3 Å². The average Bonchev–Trinajstić information content (AvgIpc) is 1.86. The fourth-order valence-electron chi connectivity index (χ4n) is 0.421. The van der Waals surface area contributed by atoms with Crippen molar-refractivity contribution in [3.63, 3.8) is 0 Å². The van der Waals surface area contributed by atoms with E-state index in [0.717, 1.165) is 13.0 Å². The lowest BCUT2D eigenvalue weighted by molar-refractivity contribution is 0.247. The number of aliphatic hydroxyl groups excluding tert-OH is 1. The van der Waals surface area contributed by atoms with Crippen LogP contribution in [-0.2, 0) is 0 Å². The first-order valence-electron chi connectivity index (χ1n) is 1.99. The molecule has 0 saturated carbocycles. The Hall–Kier alpha value is -0.370. The molecule has 1 aliphatic heterocycles. The van der Waals surface area contributed by atoms with Gasteiger partial charge in [0.2, 0.25) is 0 Å². The minimum absolute atomic E-state index is 0.370. The Morgan fingerprint density at radius 1 is 1.83 bits per heavy atom. The van der Waals surface area contributed by atoms with Gasteiger partial charge in [-0.15, -0.1) is 0 Å². The van der Waals surface area contributed by atoms with Gasteiger partial charge in [-0.1, -0.05) is 0 Å². The molecule has 0 aliphatic carbocycles. The van der Waals surface area contributed by atoms with Gasteiger partial charge >= 0.3 is 0 Å². The van der Waals surface area contributed by atoms with E-state index < -0.39 is 0 Å². The molecule has 0 saturated heterocycles. The quantitative estimate of drug-likeness (QED) is 0.429. The Labute approximate surface area is 36.5 Å². The number of nitrogens with zero attached hydrogens (tertiary/aromatic N) is 1. The van der Waals surface area contributed by atoms with E-state index in [-0.39, 0.29) is 6.10 Å². The van der Waals surface area contributed by atoms with Crippen LogP contribution < -0.4 is 0 Å². The van der Waals surface area contributed by atoms with E-state index in [1.54, 1.807) is 0 Å². The van der Waals surface area contributed by atoms with Crippen LogP contribution in [0.1, 0.15) is 6.42 Å². The molecule has 1 aliphatic rings. The molecule has 1 heterocycles. The van der Waals surface area contributed by atoms with Crippen LogP contribution in [-0.4, -0.2) is 24.0 Å². The summed E-state index contributed by atoms with van der Waals surface area (Å²) in [6, 6.07) is 0. The Balaban J connectivity index is 2.38. The second kappa shape index (κ2) is 1.39. The molecule has 0 aromatic rings. The van der Waals surface area contributed by atoms with E-state index in [9.17, 15) is 0 Å². The smallest absolute Gasteiger partial charge is 0.0992 e. The van der Waals surface area contributed by atoms with Crippen molar-refractivity contribution in [2.75, 3.05) is 6.54 Å². The van der Waals surface area contributed by atoms with Gasteiger partial charge in [-0.3, -0.25) is 4.99 Å². The third-order valence-corrected chi connectivity index (χ3v) is 0.755. The number of aliphatic imine (C=N–C) groups is 1.